The molecule has 4 rings (SSSR count). The van der Waals surface area contributed by atoms with E-state index < -0.39 is 10.0 Å². The Bertz CT molecular complexity index is 956. The van der Waals surface area contributed by atoms with E-state index in [9.17, 15) is 8.42 Å². The van der Waals surface area contributed by atoms with Crippen molar-refractivity contribution < 1.29 is 8.42 Å². The molecule has 118 valence electrons. The maximum Gasteiger partial charge on any atom is 0.214 e. The van der Waals surface area contributed by atoms with Crippen molar-refractivity contribution in [3.05, 3.63) is 54.4 Å². The molecule has 1 aliphatic carbocycles. The van der Waals surface area contributed by atoms with Crippen LogP contribution in [-0.4, -0.2) is 28.7 Å². The molecule has 0 atom stereocenters. The van der Waals surface area contributed by atoms with E-state index in [1.165, 1.54) is 0 Å². The lowest BCUT2D eigenvalue weighted by molar-refractivity contribution is 0.579. The molecule has 1 heterocycles. The minimum absolute atomic E-state index is 0.170. The van der Waals surface area contributed by atoms with Crippen molar-refractivity contribution in [2.24, 2.45) is 0 Å². The first-order chi connectivity index (χ1) is 11.1. The Kier molecular flexibility index (Phi) is 3.39. The van der Waals surface area contributed by atoms with E-state index in [2.05, 4.69) is 15.0 Å². The van der Waals surface area contributed by atoms with Gasteiger partial charge >= 0.3 is 0 Å². The van der Waals surface area contributed by atoms with Crippen molar-refractivity contribution in [1.82, 2.24) is 19.7 Å². The maximum absolute atomic E-state index is 11.9. The van der Waals surface area contributed by atoms with Crippen LogP contribution in [0.3, 0.4) is 0 Å². The van der Waals surface area contributed by atoms with Gasteiger partial charge in [-0.3, -0.25) is 0 Å². The largest absolute Gasteiger partial charge is 0.220 e. The van der Waals surface area contributed by atoms with Gasteiger partial charge < -0.3 is 0 Å². The summed E-state index contributed by atoms with van der Waals surface area (Å²) in [4.78, 5) is 0. The van der Waals surface area contributed by atoms with E-state index in [1.807, 2.05) is 42.5 Å². The van der Waals surface area contributed by atoms with E-state index in [4.69, 9.17) is 0 Å². The van der Waals surface area contributed by atoms with Crippen molar-refractivity contribution in [3.8, 4) is 5.69 Å². The number of nitrogens with zero attached hydrogens (tertiary/aromatic N) is 3. The summed E-state index contributed by atoms with van der Waals surface area (Å²) < 4.78 is 28.0. The number of rotatable bonds is 5. The van der Waals surface area contributed by atoms with Crippen molar-refractivity contribution in [2.45, 2.75) is 24.6 Å². The van der Waals surface area contributed by atoms with Gasteiger partial charge in [0.1, 0.15) is 0 Å². The summed E-state index contributed by atoms with van der Waals surface area (Å²) >= 11 is 0. The van der Waals surface area contributed by atoms with E-state index in [0.717, 1.165) is 29.3 Å². The second-order valence-electron chi connectivity index (χ2n) is 5.72. The van der Waals surface area contributed by atoms with Crippen LogP contribution in [0.15, 0.2) is 48.7 Å². The molecule has 1 saturated carbocycles. The zero-order chi connectivity index (χ0) is 15.9. The second kappa shape index (κ2) is 5.43. The lowest BCUT2D eigenvalue weighted by Crippen LogP contribution is -2.26. The first kappa shape index (κ1) is 14.3. The molecule has 0 aliphatic heterocycles. The molecule has 0 saturated heterocycles. The van der Waals surface area contributed by atoms with Crippen LogP contribution in [-0.2, 0) is 16.6 Å². The van der Waals surface area contributed by atoms with Crippen LogP contribution < -0.4 is 4.72 Å². The lowest BCUT2D eigenvalue weighted by Gasteiger charge is -2.05. The van der Waals surface area contributed by atoms with Gasteiger partial charge in [0.15, 0.2) is 0 Å². The summed E-state index contributed by atoms with van der Waals surface area (Å²) in [7, 11) is -3.20. The molecule has 0 spiro atoms. The lowest BCUT2D eigenvalue weighted by atomic mass is 10.1. The molecule has 1 N–H and O–H groups in total. The summed E-state index contributed by atoms with van der Waals surface area (Å²) in [5.74, 6) is 0. The Hall–Kier alpha value is -2.25. The molecule has 23 heavy (non-hydrogen) atoms. The van der Waals surface area contributed by atoms with E-state index in [1.54, 1.807) is 10.9 Å². The van der Waals surface area contributed by atoms with Crippen LogP contribution in [0.25, 0.3) is 16.5 Å². The summed E-state index contributed by atoms with van der Waals surface area (Å²) in [6.07, 6.45) is 3.26. The topological polar surface area (TPSA) is 76.9 Å². The number of nitrogens with one attached hydrogen (secondary N) is 1. The fraction of sp³-hybridized carbons (Fsp3) is 0.250. The fourth-order valence-corrected chi connectivity index (χ4v) is 3.92. The van der Waals surface area contributed by atoms with Gasteiger partial charge in [0.2, 0.25) is 10.0 Å². The van der Waals surface area contributed by atoms with Crippen molar-refractivity contribution >= 4 is 20.8 Å². The third-order valence-corrected chi connectivity index (χ3v) is 5.87. The van der Waals surface area contributed by atoms with Gasteiger partial charge in [0, 0.05) is 5.39 Å². The maximum atomic E-state index is 11.9. The van der Waals surface area contributed by atoms with Crippen LogP contribution in [0.5, 0.6) is 0 Å². The first-order valence-corrected chi connectivity index (χ1v) is 9.06. The third kappa shape index (κ3) is 2.85. The SMILES string of the molecule is O=S(=O)(NCc1cn(-c2cccc3ccccc23)nn1)C1CC1. The van der Waals surface area contributed by atoms with Crippen molar-refractivity contribution in [1.29, 1.82) is 0 Å². The van der Waals surface area contributed by atoms with E-state index in [0.29, 0.717) is 5.69 Å². The predicted octanol–water partition coefficient (Wildman–Crippen LogP) is 2.00. The molecule has 6 nitrogen and oxygen atoms in total. The minimum atomic E-state index is -3.20. The number of hydrogen-bond acceptors (Lipinski definition) is 4. The molecule has 1 aliphatic rings. The molecule has 0 radical (unpaired) electrons. The zero-order valence-electron chi connectivity index (χ0n) is 12.4. The van der Waals surface area contributed by atoms with E-state index >= 15 is 0 Å². The van der Waals surface area contributed by atoms with Crippen LogP contribution in [0.2, 0.25) is 0 Å². The van der Waals surface area contributed by atoms with Gasteiger partial charge in [-0.25, -0.2) is 17.8 Å². The minimum Gasteiger partial charge on any atom is -0.220 e. The normalized spacial score (nSPS) is 15.1. The Morgan fingerprint density at radius 1 is 1.13 bits per heavy atom. The average molecular weight is 328 g/mol. The molecule has 7 heteroatoms. The molecule has 1 fully saturated rings. The van der Waals surface area contributed by atoms with Crippen molar-refractivity contribution in [2.75, 3.05) is 0 Å². The molecule has 2 aromatic carbocycles. The number of sulfonamides is 1. The predicted molar refractivity (Wildman–Crippen MR) is 87.6 cm³/mol. The smallest absolute Gasteiger partial charge is 0.214 e. The molecule has 0 unspecified atom stereocenters. The summed E-state index contributed by atoms with van der Waals surface area (Å²) in [6.45, 7) is 0.170. The van der Waals surface area contributed by atoms with Crippen LogP contribution in [0, 0.1) is 0 Å². The van der Waals surface area contributed by atoms with Gasteiger partial charge in [-0.2, -0.15) is 0 Å². The average Bonchev–Trinajstić information content (AvgIpc) is 3.33. The number of fused-ring (bicyclic) bond motifs is 1. The highest BCUT2D eigenvalue weighted by Gasteiger charge is 2.35. The molecule has 3 aromatic rings. The molecular formula is C16H16N4O2S. The standard InChI is InChI=1S/C16H16N4O2S/c21-23(22,14-8-9-14)17-10-13-11-20(19-18-13)16-7-3-5-12-4-1-2-6-15(12)16/h1-7,11,14,17H,8-10H2. The number of aromatic nitrogens is 3. The van der Waals surface area contributed by atoms with E-state index in [-0.39, 0.29) is 11.8 Å². The van der Waals surface area contributed by atoms with Crippen LogP contribution in [0.4, 0.5) is 0 Å². The third-order valence-electron chi connectivity index (χ3n) is 3.97. The molecule has 1 aromatic heterocycles. The van der Waals surface area contributed by atoms with Gasteiger partial charge in [-0.15, -0.1) is 5.10 Å². The fourth-order valence-electron chi connectivity index (χ4n) is 2.58. The van der Waals surface area contributed by atoms with Crippen LogP contribution in [0.1, 0.15) is 18.5 Å². The van der Waals surface area contributed by atoms with Gasteiger partial charge in [0.05, 0.1) is 29.4 Å². The highest BCUT2D eigenvalue weighted by molar-refractivity contribution is 7.90. The zero-order valence-corrected chi connectivity index (χ0v) is 13.2. The summed E-state index contributed by atoms with van der Waals surface area (Å²) in [5.41, 5.74) is 1.52. The number of hydrogen-bond donors (Lipinski definition) is 1. The van der Waals surface area contributed by atoms with Gasteiger partial charge in [-0.1, -0.05) is 41.6 Å². The highest BCUT2D eigenvalue weighted by atomic mass is 32.2. The summed E-state index contributed by atoms with van der Waals surface area (Å²) in [6, 6.07) is 14.0. The van der Waals surface area contributed by atoms with Gasteiger partial charge in [0.25, 0.3) is 0 Å². The Morgan fingerprint density at radius 2 is 1.91 bits per heavy atom. The molecule has 0 amide bonds. The number of benzene rings is 2. The monoisotopic (exact) mass is 328 g/mol. The van der Waals surface area contributed by atoms with Crippen molar-refractivity contribution in [3.63, 3.8) is 0 Å². The first-order valence-electron chi connectivity index (χ1n) is 7.51. The second-order valence-corrected chi connectivity index (χ2v) is 7.76. The Labute approximate surface area is 134 Å². The Morgan fingerprint density at radius 3 is 2.74 bits per heavy atom. The van der Waals surface area contributed by atoms with Crippen LogP contribution >= 0.6 is 0 Å². The Balaban J connectivity index is 1.60. The highest BCUT2D eigenvalue weighted by Crippen LogP contribution is 2.27. The van der Waals surface area contributed by atoms with Gasteiger partial charge in [-0.05, 0) is 24.3 Å². The molecule has 0 bridgehead atoms. The summed E-state index contributed by atoms with van der Waals surface area (Å²) in [5, 5.41) is 10.2. The molecular weight excluding hydrogens is 312 g/mol. The quantitative estimate of drug-likeness (QED) is 0.777.